The Morgan fingerprint density at radius 1 is 1.47 bits per heavy atom. The lowest BCUT2D eigenvalue weighted by molar-refractivity contribution is -0.172. The summed E-state index contributed by atoms with van der Waals surface area (Å²) in [7, 11) is 0. The predicted molar refractivity (Wildman–Crippen MR) is 64.3 cm³/mol. The van der Waals surface area contributed by atoms with Gasteiger partial charge in [0.1, 0.15) is 6.10 Å². The van der Waals surface area contributed by atoms with Crippen LogP contribution in [-0.4, -0.2) is 34.0 Å². The first-order valence-electron chi connectivity index (χ1n) is 6.09. The molecule has 1 heterocycles. The summed E-state index contributed by atoms with van der Waals surface area (Å²) in [4.78, 5) is 11.5. The van der Waals surface area contributed by atoms with Crippen molar-refractivity contribution < 1.29 is 19.7 Å². The first-order chi connectivity index (χ1) is 7.78. The Bertz CT molecular complexity index is 309. The van der Waals surface area contributed by atoms with Crippen molar-refractivity contribution in [1.82, 2.24) is 0 Å². The SMILES string of the molecule is CC[C@](C)(O)/C=C/[C@H]1OC(=O)[C@H](C)[C@H](O)[C@@H]1C. The van der Waals surface area contributed by atoms with E-state index in [9.17, 15) is 15.0 Å². The highest BCUT2D eigenvalue weighted by Crippen LogP contribution is 2.27. The second kappa shape index (κ2) is 5.19. The van der Waals surface area contributed by atoms with Gasteiger partial charge in [-0.15, -0.1) is 0 Å². The quantitative estimate of drug-likeness (QED) is 0.577. The van der Waals surface area contributed by atoms with E-state index in [1.165, 1.54) is 0 Å². The summed E-state index contributed by atoms with van der Waals surface area (Å²) in [5.74, 6) is -1.03. The maximum absolute atomic E-state index is 11.5. The number of hydrogen-bond donors (Lipinski definition) is 2. The maximum atomic E-state index is 11.5. The van der Waals surface area contributed by atoms with Gasteiger partial charge in [-0.1, -0.05) is 19.9 Å². The summed E-state index contributed by atoms with van der Waals surface area (Å²) in [6, 6.07) is 0. The molecule has 1 aliphatic rings. The van der Waals surface area contributed by atoms with Gasteiger partial charge in [0.25, 0.3) is 0 Å². The van der Waals surface area contributed by atoms with E-state index in [1.807, 2.05) is 13.8 Å². The van der Waals surface area contributed by atoms with Gasteiger partial charge in [-0.25, -0.2) is 0 Å². The first kappa shape index (κ1) is 14.2. The molecule has 0 aromatic heterocycles. The third-order valence-electron chi connectivity index (χ3n) is 3.55. The van der Waals surface area contributed by atoms with Crippen molar-refractivity contribution in [3.8, 4) is 0 Å². The van der Waals surface area contributed by atoms with Gasteiger partial charge in [-0.2, -0.15) is 0 Å². The molecule has 4 nitrogen and oxygen atoms in total. The van der Waals surface area contributed by atoms with E-state index in [2.05, 4.69) is 0 Å². The van der Waals surface area contributed by atoms with E-state index in [4.69, 9.17) is 4.74 Å². The Hall–Kier alpha value is -0.870. The zero-order chi connectivity index (χ0) is 13.2. The van der Waals surface area contributed by atoms with Crippen LogP contribution in [0.1, 0.15) is 34.1 Å². The molecule has 1 saturated heterocycles. The standard InChI is InChI=1S/C13H22O4/c1-5-13(4,16)7-6-10-8(2)11(14)9(3)12(15)17-10/h6-11,14,16H,5H2,1-4H3/b7-6+/t8-,9-,10-,11-,13+/m1/s1. The van der Waals surface area contributed by atoms with Crippen LogP contribution in [0, 0.1) is 11.8 Å². The molecule has 5 atom stereocenters. The number of carbonyl (C=O) groups excluding carboxylic acids is 1. The van der Waals surface area contributed by atoms with E-state index in [1.54, 1.807) is 26.0 Å². The van der Waals surface area contributed by atoms with Crippen LogP contribution in [0.15, 0.2) is 12.2 Å². The highest BCUT2D eigenvalue weighted by Gasteiger charge is 2.39. The number of carbonyl (C=O) groups is 1. The third-order valence-corrected chi connectivity index (χ3v) is 3.55. The monoisotopic (exact) mass is 242 g/mol. The van der Waals surface area contributed by atoms with Gasteiger partial charge >= 0.3 is 5.97 Å². The van der Waals surface area contributed by atoms with Gasteiger partial charge in [0.2, 0.25) is 0 Å². The van der Waals surface area contributed by atoms with Crippen LogP contribution in [0.25, 0.3) is 0 Å². The van der Waals surface area contributed by atoms with Gasteiger partial charge < -0.3 is 14.9 Å². The average Bonchev–Trinajstić information content (AvgIpc) is 2.29. The van der Waals surface area contributed by atoms with Crippen LogP contribution in [0.3, 0.4) is 0 Å². The topological polar surface area (TPSA) is 66.8 Å². The van der Waals surface area contributed by atoms with Gasteiger partial charge in [-0.3, -0.25) is 4.79 Å². The molecule has 0 radical (unpaired) electrons. The Kier molecular flexibility index (Phi) is 4.33. The number of esters is 1. The third kappa shape index (κ3) is 3.30. The van der Waals surface area contributed by atoms with Crippen molar-refractivity contribution in [2.75, 3.05) is 0 Å². The second-order valence-corrected chi connectivity index (χ2v) is 5.11. The van der Waals surface area contributed by atoms with Crippen LogP contribution in [0.2, 0.25) is 0 Å². The first-order valence-corrected chi connectivity index (χ1v) is 6.09. The number of rotatable bonds is 3. The molecule has 0 aliphatic carbocycles. The smallest absolute Gasteiger partial charge is 0.311 e. The van der Waals surface area contributed by atoms with Crippen molar-refractivity contribution in [3.05, 3.63) is 12.2 Å². The molecule has 0 aromatic rings. The van der Waals surface area contributed by atoms with Crippen molar-refractivity contribution in [3.63, 3.8) is 0 Å². The maximum Gasteiger partial charge on any atom is 0.311 e. The van der Waals surface area contributed by atoms with Gasteiger partial charge in [0, 0.05) is 5.92 Å². The number of hydrogen-bond acceptors (Lipinski definition) is 4. The van der Waals surface area contributed by atoms with Gasteiger partial charge in [0.05, 0.1) is 17.6 Å². The summed E-state index contributed by atoms with van der Waals surface area (Å²) in [5.41, 5.74) is -0.903. The molecule has 2 N–H and O–H groups in total. The summed E-state index contributed by atoms with van der Waals surface area (Å²) >= 11 is 0. The van der Waals surface area contributed by atoms with Crippen LogP contribution in [0.4, 0.5) is 0 Å². The fourth-order valence-corrected chi connectivity index (χ4v) is 1.77. The lowest BCUT2D eigenvalue weighted by atomic mass is 9.85. The summed E-state index contributed by atoms with van der Waals surface area (Å²) in [6.07, 6.45) is 2.72. The van der Waals surface area contributed by atoms with E-state index in [0.717, 1.165) is 0 Å². The highest BCUT2D eigenvalue weighted by atomic mass is 16.5. The van der Waals surface area contributed by atoms with Gasteiger partial charge in [-0.05, 0) is 26.3 Å². The number of aliphatic hydroxyl groups excluding tert-OH is 1. The molecule has 1 rings (SSSR count). The van der Waals surface area contributed by atoms with E-state index in [-0.39, 0.29) is 11.9 Å². The van der Waals surface area contributed by atoms with Gasteiger partial charge in [0.15, 0.2) is 0 Å². The van der Waals surface area contributed by atoms with Crippen LogP contribution < -0.4 is 0 Å². The van der Waals surface area contributed by atoms with E-state index >= 15 is 0 Å². The molecule has 0 aromatic carbocycles. The number of aliphatic hydroxyl groups is 2. The molecule has 0 bridgehead atoms. The van der Waals surface area contributed by atoms with Crippen molar-refractivity contribution >= 4 is 5.97 Å². The van der Waals surface area contributed by atoms with Crippen molar-refractivity contribution in [1.29, 1.82) is 0 Å². The van der Waals surface area contributed by atoms with Crippen molar-refractivity contribution in [2.45, 2.75) is 51.9 Å². The second-order valence-electron chi connectivity index (χ2n) is 5.11. The molecule has 1 fully saturated rings. The lowest BCUT2D eigenvalue weighted by Gasteiger charge is -2.35. The molecule has 0 amide bonds. The number of cyclic esters (lactones) is 1. The highest BCUT2D eigenvalue weighted by molar-refractivity contribution is 5.74. The zero-order valence-electron chi connectivity index (χ0n) is 10.9. The minimum absolute atomic E-state index is 0.161. The molecule has 0 spiro atoms. The Balaban J connectivity index is 2.75. The van der Waals surface area contributed by atoms with Crippen LogP contribution in [-0.2, 0) is 9.53 Å². The van der Waals surface area contributed by atoms with Crippen LogP contribution in [0.5, 0.6) is 0 Å². The number of ether oxygens (including phenoxy) is 1. The molecule has 1 aliphatic heterocycles. The lowest BCUT2D eigenvalue weighted by Crippen LogP contribution is -2.46. The van der Waals surface area contributed by atoms with E-state index < -0.39 is 23.7 Å². The predicted octanol–water partition coefficient (Wildman–Crippen LogP) is 1.26. The molecular formula is C13H22O4. The molecule has 98 valence electrons. The molecular weight excluding hydrogens is 220 g/mol. The molecule has 0 saturated carbocycles. The fraction of sp³-hybridized carbons (Fsp3) is 0.769. The summed E-state index contributed by atoms with van der Waals surface area (Å²) in [6.45, 7) is 7.06. The summed E-state index contributed by atoms with van der Waals surface area (Å²) in [5, 5.41) is 19.7. The minimum Gasteiger partial charge on any atom is -0.457 e. The van der Waals surface area contributed by atoms with Crippen molar-refractivity contribution in [2.24, 2.45) is 11.8 Å². The zero-order valence-corrected chi connectivity index (χ0v) is 10.9. The Labute approximate surface area is 102 Å². The average molecular weight is 242 g/mol. The Morgan fingerprint density at radius 3 is 2.59 bits per heavy atom. The molecule has 4 heteroatoms. The molecule has 17 heavy (non-hydrogen) atoms. The summed E-state index contributed by atoms with van der Waals surface area (Å²) < 4.78 is 5.22. The largest absolute Gasteiger partial charge is 0.457 e. The fourth-order valence-electron chi connectivity index (χ4n) is 1.77. The molecule has 0 unspecified atom stereocenters. The van der Waals surface area contributed by atoms with E-state index in [0.29, 0.717) is 6.42 Å². The normalized spacial score (nSPS) is 37.9. The Morgan fingerprint density at radius 2 is 2.06 bits per heavy atom. The van der Waals surface area contributed by atoms with Crippen LogP contribution >= 0.6 is 0 Å². The minimum atomic E-state index is -0.903.